The highest BCUT2D eigenvalue weighted by atomic mass is 16.2. The highest BCUT2D eigenvalue weighted by molar-refractivity contribution is 5.86. The molecule has 4 heteroatoms. The van der Waals surface area contributed by atoms with Crippen LogP contribution in [0.5, 0.6) is 0 Å². The number of amides is 2. The second-order valence-electron chi connectivity index (χ2n) is 3.04. The largest absolute Gasteiger partial charge is 0.354 e. The van der Waals surface area contributed by atoms with E-state index in [4.69, 9.17) is 0 Å². The van der Waals surface area contributed by atoms with Gasteiger partial charge >= 0.3 is 0 Å². The Kier molecular flexibility index (Phi) is 3.08. The van der Waals surface area contributed by atoms with Gasteiger partial charge in [0, 0.05) is 13.5 Å². The van der Waals surface area contributed by atoms with E-state index >= 15 is 0 Å². The van der Waals surface area contributed by atoms with Crippen LogP contribution >= 0.6 is 0 Å². The van der Waals surface area contributed by atoms with Gasteiger partial charge in [0.05, 0.1) is 0 Å². The molecule has 0 spiro atoms. The summed E-state index contributed by atoms with van der Waals surface area (Å²) in [5, 5.41) is 5.37. The van der Waals surface area contributed by atoms with Gasteiger partial charge in [0.25, 0.3) is 0 Å². The third kappa shape index (κ3) is 2.53. The van der Waals surface area contributed by atoms with E-state index in [0.717, 1.165) is 25.8 Å². The van der Waals surface area contributed by atoms with Gasteiger partial charge in [-0.2, -0.15) is 0 Å². The van der Waals surface area contributed by atoms with Crippen molar-refractivity contribution in [1.82, 2.24) is 10.6 Å². The van der Waals surface area contributed by atoms with Gasteiger partial charge in [0.2, 0.25) is 11.8 Å². The average Bonchev–Trinajstić information content (AvgIpc) is 2.16. The van der Waals surface area contributed by atoms with Crippen LogP contribution in [0.15, 0.2) is 0 Å². The number of carbonyl (C=O) groups is 2. The molecule has 1 aliphatic rings. The van der Waals surface area contributed by atoms with E-state index in [0.29, 0.717) is 0 Å². The third-order valence-corrected chi connectivity index (χ3v) is 1.91. The summed E-state index contributed by atoms with van der Waals surface area (Å²) in [4.78, 5) is 21.9. The first-order valence-corrected chi connectivity index (χ1v) is 4.25. The summed E-state index contributed by atoms with van der Waals surface area (Å²) in [5.41, 5.74) is 0. The average molecular weight is 170 g/mol. The Labute approximate surface area is 71.7 Å². The van der Waals surface area contributed by atoms with E-state index < -0.39 is 0 Å². The van der Waals surface area contributed by atoms with Crippen molar-refractivity contribution in [1.29, 1.82) is 0 Å². The van der Waals surface area contributed by atoms with E-state index in [1.54, 1.807) is 0 Å². The molecule has 1 aliphatic heterocycles. The van der Waals surface area contributed by atoms with Crippen LogP contribution in [-0.2, 0) is 9.59 Å². The Bertz CT molecular complexity index is 191. The predicted octanol–water partition coefficient (Wildman–Crippen LogP) is -0.209. The van der Waals surface area contributed by atoms with E-state index in [1.165, 1.54) is 6.92 Å². The van der Waals surface area contributed by atoms with Crippen molar-refractivity contribution in [3.05, 3.63) is 0 Å². The van der Waals surface area contributed by atoms with Gasteiger partial charge in [-0.15, -0.1) is 0 Å². The van der Waals surface area contributed by atoms with Gasteiger partial charge in [-0.05, 0) is 19.3 Å². The molecule has 1 saturated heterocycles. The molecule has 0 aromatic carbocycles. The minimum Gasteiger partial charge on any atom is -0.354 e. The third-order valence-electron chi connectivity index (χ3n) is 1.91. The molecule has 1 unspecified atom stereocenters. The van der Waals surface area contributed by atoms with Gasteiger partial charge in [-0.1, -0.05) is 0 Å². The lowest BCUT2D eigenvalue weighted by Crippen LogP contribution is -2.44. The molecule has 0 aromatic heterocycles. The summed E-state index contributed by atoms with van der Waals surface area (Å²) in [5.74, 6) is -0.195. The molecule has 0 radical (unpaired) electrons. The normalized spacial score (nSPS) is 24.1. The topological polar surface area (TPSA) is 58.2 Å². The summed E-state index contributed by atoms with van der Waals surface area (Å²) in [6, 6.07) is -0.315. The number of nitrogens with one attached hydrogen (secondary N) is 2. The SMILES string of the molecule is CC(=O)NC1CCCCNC1=O. The molecular weight excluding hydrogens is 156 g/mol. The Morgan fingerprint density at radius 1 is 1.58 bits per heavy atom. The Balaban J connectivity index is 2.47. The van der Waals surface area contributed by atoms with Gasteiger partial charge in [0.15, 0.2) is 0 Å². The van der Waals surface area contributed by atoms with Crippen molar-refractivity contribution in [3.63, 3.8) is 0 Å². The number of carbonyl (C=O) groups excluding carboxylic acids is 2. The smallest absolute Gasteiger partial charge is 0.242 e. The van der Waals surface area contributed by atoms with Crippen LogP contribution in [0, 0.1) is 0 Å². The Hall–Kier alpha value is -1.06. The summed E-state index contributed by atoms with van der Waals surface area (Å²) < 4.78 is 0. The first-order valence-electron chi connectivity index (χ1n) is 4.25. The highest BCUT2D eigenvalue weighted by Crippen LogP contribution is 2.04. The molecule has 0 aromatic rings. The fourth-order valence-corrected chi connectivity index (χ4v) is 1.32. The number of hydrogen-bond acceptors (Lipinski definition) is 2. The lowest BCUT2D eigenvalue weighted by atomic mass is 10.1. The van der Waals surface area contributed by atoms with Gasteiger partial charge in [-0.3, -0.25) is 9.59 Å². The standard InChI is InChI=1S/C8H14N2O2/c1-6(11)10-7-4-2-3-5-9-8(7)12/h7H,2-5H2,1H3,(H,9,12)(H,10,11). The molecule has 12 heavy (non-hydrogen) atoms. The zero-order chi connectivity index (χ0) is 8.97. The van der Waals surface area contributed by atoms with E-state index in [9.17, 15) is 9.59 Å². The zero-order valence-corrected chi connectivity index (χ0v) is 7.22. The summed E-state index contributed by atoms with van der Waals surface area (Å²) in [6.45, 7) is 2.16. The van der Waals surface area contributed by atoms with E-state index in [-0.39, 0.29) is 17.9 Å². The van der Waals surface area contributed by atoms with Crippen molar-refractivity contribution < 1.29 is 9.59 Å². The van der Waals surface area contributed by atoms with Gasteiger partial charge < -0.3 is 10.6 Å². The monoisotopic (exact) mass is 170 g/mol. The van der Waals surface area contributed by atoms with Crippen LogP contribution in [0.2, 0.25) is 0 Å². The summed E-state index contributed by atoms with van der Waals surface area (Å²) >= 11 is 0. The fourth-order valence-electron chi connectivity index (χ4n) is 1.32. The second-order valence-corrected chi connectivity index (χ2v) is 3.04. The highest BCUT2D eigenvalue weighted by Gasteiger charge is 2.20. The van der Waals surface area contributed by atoms with E-state index in [1.807, 2.05) is 0 Å². The van der Waals surface area contributed by atoms with Crippen LogP contribution in [-0.4, -0.2) is 24.4 Å². The lowest BCUT2D eigenvalue weighted by Gasteiger charge is -2.12. The lowest BCUT2D eigenvalue weighted by molar-refractivity contribution is -0.127. The first-order chi connectivity index (χ1) is 5.70. The summed E-state index contributed by atoms with van der Waals surface area (Å²) in [7, 11) is 0. The van der Waals surface area contributed by atoms with Crippen molar-refractivity contribution >= 4 is 11.8 Å². The molecule has 0 bridgehead atoms. The molecule has 0 aliphatic carbocycles. The van der Waals surface area contributed by atoms with Gasteiger partial charge in [0.1, 0.15) is 6.04 Å². The Morgan fingerprint density at radius 2 is 2.33 bits per heavy atom. The van der Waals surface area contributed by atoms with Crippen molar-refractivity contribution in [3.8, 4) is 0 Å². The molecule has 1 fully saturated rings. The number of hydrogen-bond donors (Lipinski definition) is 2. The number of rotatable bonds is 1. The predicted molar refractivity (Wildman–Crippen MR) is 44.5 cm³/mol. The van der Waals surface area contributed by atoms with Crippen LogP contribution in [0.3, 0.4) is 0 Å². The molecule has 68 valence electrons. The minimum absolute atomic E-state index is 0.0531. The quantitative estimate of drug-likeness (QED) is 0.572. The molecule has 0 saturated carbocycles. The first kappa shape index (κ1) is 9.03. The maximum atomic E-state index is 11.2. The molecule has 2 amide bonds. The van der Waals surface area contributed by atoms with Crippen molar-refractivity contribution in [2.45, 2.75) is 32.2 Å². The van der Waals surface area contributed by atoms with Crippen LogP contribution < -0.4 is 10.6 Å². The second kappa shape index (κ2) is 4.09. The van der Waals surface area contributed by atoms with Crippen molar-refractivity contribution in [2.24, 2.45) is 0 Å². The molecule has 1 rings (SSSR count). The summed E-state index contributed by atoms with van der Waals surface area (Å²) in [6.07, 6.45) is 2.75. The van der Waals surface area contributed by atoms with Crippen LogP contribution in [0.1, 0.15) is 26.2 Å². The van der Waals surface area contributed by atoms with Crippen molar-refractivity contribution in [2.75, 3.05) is 6.54 Å². The molecule has 4 nitrogen and oxygen atoms in total. The van der Waals surface area contributed by atoms with Crippen LogP contribution in [0.4, 0.5) is 0 Å². The maximum absolute atomic E-state index is 11.2. The fraction of sp³-hybridized carbons (Fsp3) is 0.750. The van der Waals surface area contributed by atoms with E-state index in [2.05, 4.69) is 10.6 Å². The maximum Gasteiger partial charge on any atom is 0.242 e. The molecular formula is C8H14N2O2. The molecule has 1 heterocycles. The Morgan fingerprint density at radius 3 is 3.00 bits per heavy atom. The molecule has 1 atom stereocenters. The zero-order valence-electron chi connectivity index (χ0n) is 7.22. The van der Waals surface area contributed by atoms with Crippen LogP contribution in [0.25, 0.3) is 0 Å². The minimum atomic E-state index is -0.315. The molecule has 2 N–H and O–H groups in total. The van der Waals surface area contributed by atoms with Gasteiger partial charge in [-0.25, -0.2) is 0 Å².